The van der Waals surface area contributed by atoms with Crippen LogP contribution in [0.1, 0.15) is 0 Å². The molecule has 0 bridgehead atoms. The van der Waals surface area contributed by atoms with Gasteiger partial charge in [-0.2, -0.15) is 0 Å². The van der Waals surface area contributed by atoms with Crippen molar-refractivity contribution in [3.63, 3.8) is 0 Å². The second kappa shape index (κ2) is 11.3. The highest BCUT2D eigenvalue weighted by molar-refractivity contribution is 7.25. The Bertz CT molecular complexity index is 2200. The van der Waals surface area contributed by atoms with Crippen molar-refractivity contribution >= 4 is 48.6 Å². The molecule has 0 fully saturated rings. The Hall–Kier alpha value is -5.51. The number of aromatic nitrogens is 1. The molecule has 0 aliphatic rings. The Morgan fingerprint density at radius 2 is 1.00 bits per heavy atom. The molecule has 2 nitrogen and oxygen atoms in total. The number of benzene rings is 6. The molecule has 2 aromatic heterocycles. The topological polar surface area (TPSA) is 16.1 Å². The molecule has 8 rings (SSSR count). The molecule has 2 heterocycles. The smallest absolute Gasteiger partial charge is 0.0555 e. The molecule has 0 spiro atoms. The maximum Gasteiger partial charge on any atom is 0.0555 e. The van der Waals surface area contributed by atoms with Crippen molar-refractivity contribution in [1.82, 2.24) is 4.98 Å². The molecule has 0 amide bonds. The summed E-state index contributed by atoms with van der Waals surface area (Å²) in [6, 6.07) is 56.5. The van der Waals surface area contributed by atoms with E-state index >= 15 is 0 Å². The van der Waals surface area contributed by atoms with E-state index in [1.54, 1.807) is 11.3 Å². The summed E-state index contributed by atoms with van der Waals surface area (Å²) in [6.07, 6.45) is 3.87. The van der Waals surface area contributed by atoms with Gasteiger partial charge in [0.15, 0.2) is 0 Å². The molecule has 0 aliphatic heterocycles. The monoisotopic (exact) mass is 580 g/mol. The quantitative estimate of drug-likeness (QED) is 0.194. The summed E-state index contributed by atoms with van der Waals surface area (Å²) in [5.74, 6) is 0. The van der Waals surface area contributed by atoms with Crippen LogP contribution in [0.2, 0.25) is 0 Å². The zero-order valence-electron chi connectivity index (χ0n) is 24.0. The lowest BCUT2D eigenvalue weighted by molar-refractivity contribution is 1.30. The molecule has 6 aromatic carbocycles. The van der Waals surface area contributed by atoms with Crippen LogP contribution in [0.4, 0.5) is 17.1 Å². The van der Waals surface area contributed by atoms with Crippen LogP contribution in [-0.2, 0) is 0 Å². The van der Waals surface area contributed by atoms with E-state index in [1.165, 1.54) is 53.6 Å². The second-order valence-electron chi connectivity index (χ2n) is 10.8. The number of anilines is 3. The first-order valence-corrected chi connectivity index (χ1v) is 15.6. The SMILES string of the molecule is c1ccc(-c2ccc(-c3ccc(N(c4ccccc4-c4ccccc4)c4cccc5sc6cnccc6c45)cc3)cc2)cc1. The summed E-state index contributed by atoms with van der Waals surface area (Å²) in [6.45, 7) is 0. The largest absolute Gasteiger partial charge is 0.309 e. The number of para-hydroxylation sites is 1. The van der Waals surface area contributed by atoms with E-state index in [0.29, 0.717) is 0 Å². The van der Waals surface area contributed by atoms with Crippen LogP contribution in [0.25, 0.3) is 53.6 Å². The Kier molecular flexibility index (Phi) is 6.71. The van der Waals surface area contributed by atoms with E-state index in [-0.39, 0.29) is 0 Å². The van der Waals surface area contributed by atoms with Gasteiger partial charge in [-0.15, -0.1) is 11.3 Å². The molecule has 0 N–H and O–H groups in total. The Morgan fingerprint density at radius 3 is 1.70 bits per heavy atom. The molecule has 44 heavy (non-hydrogen) atoms. The number of hydrogen-bond donors (Lipinski definition) is 0. The zero-order valence-corrected chi connectivity index (χ0v) is 24.8. The van der Waals surface area contributed by atoms with Gasteiger partial charge >= 0.3 is 0 Å². The summed E-state index contributed by atoms with van der Waals surface area (Å²) in [5.41, 5.74) is 10.6. The van der Waals surface area contributed by atoms with Crippen molar-refractivity contribution in [1.29, 1.82) is 0 Å². The third-order valence-corrected chi connectivity index (χ3v) is 9.30. The van der Waals surface area contributed by atoms with Gasteiger partial charge in [-0.05, 0) is 64.2 Å². The zero-order chi connectivity index (χ0) is 29.3. The van der Waals surface area contributed by atoms with Crippen LogP contribution in [0.5, 0.6) is 0 Å². The van der Waals surface area contributed by atoms with E-state index in [1.807, 2.05) is 12.4 Å². The fourth-order valence-corrected chi connectivity index (χ4v) is 7.17. The Morgan fingerprint density at radius 1 is 0.432 bits per heavy atom. The highest BCUT2D eigenvalue weighted by atomic mass is 32.1. The van der Waals surface area contributed by atoms with Gasteiger partial charge < -0.3 is 4.90 Å². The fraction of sp³-hybridized carbons (Fsp3) is 0. The molecule has 0 radical (unpaired) electrons. The average molecular weight is 581 g/mol. The Labute approximate surface area is 261 Å². The van der Waals surface area contributed by atoms with Crippen molar-refractivity contribution < 1.29 is 0 Å². The maximum absolute atomic E-state index is 4.41. The molecule has 0 unspecified atom stereocenters. The van der Waals surface area contributed by atoms with E-state index in [4.69, 9.17) is 0 Å². The number of pyridine rings is 1. The standard InChI is InChI=1S/C41H28N2S/c1-3-10-29(11-4-1)30-18-20-31(21-19-30)32-22-24-34(25-23-32)43(37-15-8-7-14-35(37)33-12-5-2-6-13-33)38-16-9-17-39-41(38)36-26-27-42-28-40(36)44-39/h1-28H. The molecule has 208 valence electrons. The van der Waals surface area contributed by atoms with Crippen LogP contribution in [-0.4, -0.2) is 4.98 Å². The lowest BCUT2D eigenvalue weighted by Crippen LogP contribution is -2.11. The first-order valence-electron chi connectivity index (χ1n) is 14.8. The van der Waals surface area contributed by atoms with Gasteiger partial charge in [0.2, 0.25) is 0 Å². The highest BCUT2D eigenvalue weighted by Crippen LogP contribution is 2.47. The molecule has 0 atom stereocenters. The van der Waals surface area contributed by atoms with Crippen LogP contribution in [0, 0.1) is 0 Å². The van der Waals surface area contributed by atoms with Gasteiger partial charge in [0.25, 0.3) is 0 Å². The molecular formula is C41H28N2S. The van der Waals surface area contributed by atoms with Gasteiger partial charge in [0.05, 0.1) is 16.1 Å². The van der Waals surface area contributed by atoms with Crippen LogP contribution >= 0.6 is 11.3 Å². The molecule has 0 aliphatic carbocycles. The summed E-state index contributed by atoms with van der Waals surface area (Å²) in [7, 11) is 0. The number of fused-ring (bicyclic) bond motifs is 3. The molecular weight excluding hydrogens is 553 g/mol. The number of rotatable bonds is 6. The van der Waals surface area contributed by atoms with Gasteiger partial charge in [-0.3, -0.25) is 4.98 Å². The first-order chi connectivity index (χ1) is 21.8. The lowest BCUT2D eigenvalue weighted by atomic mass is 9.99. The average Bonchev–Trinajstić information content (AvgIpc) is 3.49. The van der Waals surface area contributed by atoms with Crippen LogP contribution < -0.4 is 4.90 Å². The second-order valence-corrected chi connectivity index (χ2v) is 11.9. The molecule has 8 aromatic rings. The molecule has 3 heteroatoms. The molecule has 0 saturated carbocycles. The minimum atomic E-state index is 1.11. The van der Waals surface area contributed by atoms with Gasteiger partial charge in [0.1, 0.15) is 0 Å². The maximum atomic E-state index is 4.41. The predicted molar refractivity (Wildman–Crippen MR) is 188 cm³/mol. The van der Waals surface area contributed by atoms with E-state index < -0.39 is 0 Å². The summed E-state index contributed by atoms with van der Waals surface area (Å²) < 4.78 is 2.45. The summed E-state index contributed by atoms with van der Waals surface area (Å²) in [5, 5.41) is 2.48. The third-order valence-electron chi connectivity index (χ3n) is 8.20. The van der Waals surface area contributed by atoms with Gasteiger partial charge in [-0.1, -0.05) is 121 Å². The van der Waals surface area contributed by atoms with Crippen LogP contribution in [0.3, 0.4) is 0 Å². The van der Waals surface area contributed by atoms with Gasteiger partial charge in [0, 0.05) is 39.1 Å². The number of nitrogens with zero attached hydrogens (tertiary/aromatic N) is 2. The highest BCUT2D eigenvalue weighted by Gasteiger charge is 2.21. The Balaban J connectivity index is 1.28. The number of thiophene rings is 1. The fourth-order valence-electron chi connectivity index (χ4n) is 6.08. The lowest BCUT2D eigenvalue weighted by Gasteiger charge is -2.29. The van der Waals surface area contributed by atoms with Crippen molar-refractivity contribution in [3.05, 3.63) is 170 Å². The first kappa shape index (κ1) is 26.1. The van der Waals surface area contributed by atoms with Crippen molar-refractivity contribution in [3.8, 4) is 33.4 Å². The summed E-state index contributed by atoms with van der Waals surface area (Å²) in [4.78, 5) is 6.83. The van der Waals surface area contributed by atoms with Crippen molar-refractivity contribution in [2.45, 2.75) is 0 Å². The van der Waals surface area contributed by atoms with Gasteiger partial charge in [-0.25, -0.2) is 0 Å². The summed E-state index contributed by atoms with van der Waals surface area (Å²) >= 11 is 1.79. The van der Waals surface area contributed by atoms with Crippen molar-refractivity contribution in [2.75, 3.05) is 4.90 Å². The minimum Gasteiger partial charge on any atom is -0.309 e. The molecule has 0 saturated heterocycles. The van der Waals surface area contributed by atoms with E-state index in [0.717, 1.165) is 17.1 Å². The van der Waals surface area contributed by atoms with E-state index in [2.05, 4.69) is 168 Å². The minimum absolute atomic E-state index is 1.11. The van der Waals surface area contributed by atoms with Crippen LogP contribution in [0.15, 0.2) is 170 Å². The van der Waals surface area contributed by atoms with Crippen molar-refractivity contribution in [2.24, 2.45) is 0 Å². The number of hydrogen-bond acceptors (Lipinski definition) is 3. The third kappa shape index (κ3) is 4.74. The van der Waals surface area contributed by atoms with E-state index in [9.17, 15) is 0 Å². The normalized spacial score (nSPS) is 11.2. The predicted octanol–water partition coefficient (Wildman–Crippen LogP) is 11.9.